The quantitative estimate of drug-likeness (QED) is 0.937. The highest BCUT2D eigenvalue weighted by atomic mass is 19.4. The molecule has 0 saturated carbocycles. The Balaban J connectivity index is 2.47. The predicted molar refractivity (Wildman–Crippen MR) is 65.8 cm³/mol. The number of nitrogens with two attached hydrogens (primary N) is 1. The summed E-state index contributed by atoms with van der Waals surface area (Å²) in [5.74, 6) is -1.10. The van der Waals surface area contributed by atoms with Gasteiger partial charge in [0.1, 0.15) is 11.6 Å². The lowest BCUT2D eigenvalue weighted by atomic mass is 10.2. The lowest BCUT2D eigenvalue weighted by Gasteiger charge is -2.09. The average molecular weight is 284 g/mol. The summed E-state index contributed by atoms with van der Waals surface area (Å²) < 4.78 is 43.2. The number of aromatic nitrogens is 3. The fraction of sp³-hybridized carbons (Fsp3) is 0.250. The SMILES string of the molecule is CCOc1cncc(-c2cc(N)nc(C(F)(F)F)n2)c1. The molecule has 2 aromatic rings. The van der Waals surface area contributed by atoms with Gasteiger partial charge in [-0.25, -0.2) is 9.97 Å². The van der Waals surface area contributed by atoms with Crippen LogP contribution in [0, 0.1) is 0 Å². The third-order valence-corrected chi connectivity index (χ3v) is 2.32. The van der Waals surface area contributed by atoms with E-state index in [1.165, 1.54) is 18.5 Å². The van der Waals surface area contributed by atoms with Crippen LogP contribution < -0.4 is 10.5 Å². The van der Waals surface area contributed by atoms with Crippen LogP contribution in [0.2, 0.25) is 0 Å². The Labute approximate surface area is 112 Å². The zero-order valence-electron chi connectivity index (χ0n) is 10.5. The second kappa shape index (κ2) is 5.32. The third-order valence-electron chi connectivity index (χ3n) is 2.32. The van der Waals surface area contributed by atoms with E-state index in [9.17, 15) is 13.2 Å². The highest BCUT2D eigenvalue weighted by Crippen LogP contribution is 2.29. The van der Waals surface area contributed by atoms with Crippen molar-refractivity contribution in [2.24, 2.45) is 0 Å². The molecule has 0 amide bonds. The maximum atomic E-state index is 12.6. The zero-order chi connectivity index (χ0) is 14.8. The molecule has 2 heterocycles. The minimum atomic E-state index is -4.66. The van der Waals surface area contributed by atoms with Gasteiger partial charge in [-0.15, -0.1) is 0 Å². The first-order valence-electron chi connectivity index (χ1n) is 5.70. The smallest absolute Gasteiger partial charge is 0.451 e. The third kappa shape index (κ3) is 3.14. The van der Waals surface area contributed by atoms with Crippen molar-refractivity contribution >= 4 is 5.82 Å². The fourth-order valence-corrected chi connectivity index (χ4v) is 1.55. The maximum Gasteiger partial charge on any atom is 0.451 e. The number of nitrogen functional groups attached to an aromatic ring is 1. The molecule has 0 unspecified atom stereocenters. The molecule has 106 valence electrons. The van der Waals surface area contributed by atoms with Crippen LogP contribution in [0.3, 0.4) is 0 Å². The van der Waals surface area contributed by atoms with Gasteiger partial charge in [0.15, 0.2) is 0 Å². The molecule has 0 spiro atoms. The summed E-state index contributed by atoms with van der Waals surface area (Å²) in [4.78, 5) is 10.5. The molecule has 2 rings (SSSR count). The summed E-state index contributed by atoms with van der Waals surface area (Å²) in [7, 11) is 0. The van der Waals surface area contributed by atoms with Crippen molar-refractivity contribution in [2.45, 2.75) is 13.1 Å². The molecule has 20 heavy (non-hydrogen) atoms. The molecule has 0 aliphatic carbocycles. The Kier molecular flexibility index (Phi) is 3.73. The van der Waals surface area contributed by atoms with E-state index in [0.717, 1.165) is 0 Å². The van der Waals surface area contributed by atoms with Crippen molar-refractivity contribution in [2.75, 3.05) is 12.3 Å². The molecule has 2 N–H and O–H groups in total. The normalized spacial score (nSPS) is 11.4. The first-order valence-corrected chi connectivity index (χ1v) is 5.70. The molecule has 0 bridgehead atoms. The summed E-state index contributed by atoms with van der Waals surface area (Å²) in [5, 5.41) is 0. The number of hydrogen-bond donors (Lipinski definition) is 1. The Morgan fingerprint density at radius 2 is 1.95 bits per heavy atom. The average Bonchev–Trinajstić information content (AvgIpc) is 2.38. The molecule has 0 atom stereocenters. The van der Waals surface area contributed by atoms with Gasteiger partial charge in [0.2, 0.25) is 5.82 Å². The van der Waals surface area contributed by atoms with Crippen LogP contribution in [-0.2, 0) is 6.18 Å². The largest absolute Gasteiger partial charge is 0.492 e. The van der Waals surface area contributed by atoms with Crippen molar-refractivity contribution in [3.05, 3.63) is 30.4 Å². The van der Waals surface area contributed by atoms with Gasteiger partial charge >= 0.3 is 6.18 Å². The number of rotatable bonds is 3. The summed E-state index contributed by atoms with van der Waals surface area (Å²) in [5.41, 5.74) is 5.80. The van der Waals surface area contributed by atoms with Crippen LogP contribution in [0.4, 0.5) is 19.0 Å². The number of ether oxygens (including phenoxy) is 1. The maximum absolute atomic E-state index is 12.6. The van der Waals surface area contributed by atoms with Crippen molar-refractivity contribution in [1.82, 2.24) is 15.0 Å². The highest BCUT2D eigenvalue weighted by molar-refractivity contribution is 5.62. The molecule has 8 heteroatoms. The van der Waals surface area contributed by atoms with Crippen LogP contribution in [0.5, 0.6) is 5.75 Å². The minimum absolute atomic E-state index is 0.0406. The van der Waals surface area contributed by atoms with Gasteiger partial charge < -0.3 is 10.5 Å². The van der Waals surface area contributed by atoms with Gasteiger partial charge in [-0.1, -0.05) is 0 Å². The van der Waals surface area contributed by atoms with Crippen LogP contribution in [0.25, 0.3) is 11.3 Å². The number of nitrogens with zero attached hydrogens (tertiary/aromatic N) is 3. The monoisotopic (exact) mass is 284 g/mol. The van der Waals surface area contributed by atoms with E-state index in [2.05, 4.69) is 15.0 Å². The zero-order valence-corrected chi connectivity index (χ0v) is 10.5. The van der Waals surface area contributed by atoms with Gasteiger partial charge in [-0.2, -0.15) is 13.2 Å². The van der Waals surface area contributed by atoms with E-state index in [1.54, 1.807) is 13.0 Å². The number of halogens is 3. The van der Waals surface area contributed by atoms with E-state index in [-0.39, 0.29) is 11.5 Å². The second-order valence-electron chi connectivity index (χ2n) is 3.84. The van der Waals surface area contributed by atoms with Gasteiger partial charge in [0.05, 0.1) is 18.5 Å². The van der Waals surface area contributed by atoms with Crippen LogP contribution in [0.15, 0.2) is 24.5 Å². The Morgan fingerprint density at radius 1 is 1.20 bits per heavy atom. The summed E-state index contributed by atoms with van der Waals surface area (Å²) >= 11 is 0. The Morgan fingerprint density at radius 3 is 2.60 bits per heavy atom. The standard InChI is InChI=1S/C12H11F3N4O/c1-2-20-8-3-7(5-17-6-8)9-4-10(16)19-11(18-9)12(13,14)15/h3-6H,2H2,1H3,(H2,16,18,19). The van der Waals surface area contributed by atoms with Gasteiger partial charge in [-0.05, 0) is 13.0 Å². The molecular weight excluding hydrogens is 273 g/mol. The molecule has 0 fully saturated rings. The topological polar surface area (TPSA) is 73.9 Å². The molecule has 0 aromatic carbocycles. The van der Waals surface area contributed by atoms with E-state index < -0.39 is 12.0 Å². The number of pyridine rings is 1. The summed E-state index contributed by atoms with van der Waals surface area (Å²) in [6.07, 6.45) is -1.82. The highest BCUT2D eigenvalue weighted by Gasteiger charge is 2.35. The second-order valence-corrected chi connectivity index (χ2v) is 3.84. The Hall–Kier alpha value is -2.38. The fourth-order valence-electron chi connectivity index (χ4n) is 1.55. The molecular formula is C12H11F3N4O. The van der Waals surface area contributed by atoms with Crippen molar-refractivity contribution < 1.29 is 17.9 Å². The molecule has 5 nitrogen and oxygen atoms in total. The molecule has 0 aliphatic heterocycles. The van der Waals surface area contributed by atoms with E-state index in [1.807, 2.05) is 0 Å². The van der Waals surface area contributed by atoms with Crippen LogP contribution in [-0.4, -0.2) is 21.6 Å². The number of hydrogen-bond acceptors (Lipinski definition) is 5. The number of anilines is 1. The lowest BCUT2D eigenvalue weighted by molar-refractivity contribution is -0.144. The lowest BCUT2D eigenvalue weighted by Crippen LogP contribution is -2.13. The van der Waals surface area contributed by atoms with E-state index in [4.69, 9.17) is 10.5 Å². The molecule has 0 saturated heterocycles. The summed E-state index contributed by atoms with van der Waals surface area (Å²) in [6, 6.07) is 2.79. The minimum Gasteiger partial charge on any atom is -0.492 e. The number of alkyl halides is 3. The van der Waals surface area contributed by atoms with E-state index >= 15 is 0 Å². The Bertz CT molecular complexity index is 616. The van der Waals surface area contributed by atoms with Crippen molar-refractivity contribution in [3.8, 4) is 17.0 Å². The molecule has 0 radical (unpaired) electrons. The van der Waals surface area contributed by atoms with Gasteiger partial charge in [0.25, 0.3) is 0 Å². The molecule has 2 aromatic heterocycles. The van der Waals surface area contributed by atoms with E-state index in [0.29, 0.717) is 17.9 Å². The molecule has 0 aliphatic rings. The van der Waals surface area contributed by atoms with Gasteiger partial charge in [0, 0.05) is 17.8 Å². The van der Waals surface area contributed by atoms with Crippen LogP contribution in [0.1, 0.15) is 12.7 Å². The van der Waals surface area contributed by atoms with Crippen LogP contribution >= 0.6 is 0 Å². The summed E-state index contributed by atoms with van der Waals surface area (Å²) in [6.45, 7) is 2.21. The predicted octanol–water partition coefficient (Wildman–Crippen LogP) is 2.54. The first-order chi connectivity index (χ1) is 9.40. The van der Waals surface area contributed by atoms with Gasteiger partial charge in [-0.3, -0.25) is 4.98 Å². The first kappa shape index (κ1) is 14.0. The van der Waals surface area contributed by atoms with Crippen molar-refractivity contribution in [3.63, 3.8) is 0 Å². The van der Waals surface area contributed by atoms with Crippen molar-refractivity contribution in [1.29, 1.82) is 0 Å².